The lowest BCUT2D eigenvalue weighted by Crippen LogP contribution is -2.28. The van der Waals surface area contributed by atoms with Crippen LogP contribution in [0.4, 0.5) is 0 Å². The fraction of sp³-hybridized carbons (Fsp3) is 0.276. The van der Waals surface area contributed by atoms with Gasteiger partial charge >= 0.3 is 0 Å². The Morgan fingerprint density at radius 3 is 2.17 bits per heavy atom. The van der Waals surface area contributed by atoms with E-state index in [1.54, 1.807) is 36.4 Å². The van der Waals surface area contributed by atoms with Gasteiger partial charge in [0.1, 0.15) is 23.4 Å². The minimum absolute atomic E-state index is 0.201. The van der Waals surface area contributed by atoms with Crippen LogP contribution in [-0.2, 0) is 16.1 Å². The van der Waals surface area contributed by atoms with E-state index in [0.717, 1.165) is 17.4 Å². The predicted octanol–water partition coefficient (Wildman–Crippen LogP) is 2.85. The quantitative estimate of drug-likeness (QED) is 0.153. The largest absolute Gasteiger partial charge is 0.488 e. The molecule has 1 aromatic heterocycles. The van der Waals surface area contributed by atoms with Crippen molar-refractivity contribution in [3.05, 3.63) is 88.5 Å². The lowest BCUT2D eigenvalue weighted by atomic mass is 10.1. The summed E-state index contributed by atoms with van der Waals surface area (Å²) in [6, 6.07) is 17.6. The van der Waals surface area contributed by atoms with Crippen LogP contribution >= 0.6 is 0 Å². The molecule has 0 saturated carbocycles. The summed E-state index contributed by atoms with van der Waals surface area (Å²) in [4.78, 5) is 35.9. The molecule has 4 aromatic rings. The van der Waals surface area contributed by atoms with E-state index in [9.17, 15) is 14.4 Å². The molecule has 0 atom stereocenters. The van der Waals surface area contributed by atoms with Gasteiger partial charge in [-0.05, 0) is 54.4 Å². The van der Waals surface area contributed by atoms with E-state index < -0.39 is 0 Å². The lowest BCUT2D eigenvalue weighted by molar-refractivity contribution is 0.0486. The Morgan fingerprint density at radius 1 is 0.825 bits per heavy atom. The molecule has 0 saturated heterocycles. The van der Waals surface area contributed by atoms with Crippen LogP contribution in [0.3, 0.4) is 0 Å². The second-order valence-corrected chi connectivity index (χ2v) is 8.85. The highest BCUT2D eigenvalue weighted by molar-refractivity contribution is 5.97. The van der Waals surface area contributed by atoms with Crippen molar-refractivity contribution >= 4 is 29.1 Å². The van der Waals surface area contributed by atoms with Crippen molar-refractivity contribution in [1.82, 2.24) is 26.0 Å². The molecule has 11 nitrogen and oxygen atoms in total. The summed E-state index contributed by atoms with van der Waals surface area (Å²) in [6.45, 7) is 4.30. The summed E-state index contributed by atoms with van der Waals surface area (Å²) < 4.78 is 16.7. The molecule has 0 aliphatic carbocycles. The third-order valence-electron chi connectivity index (χ3n) is 6.03. The van der Waals surface area contributed by atoms with Gasteiger partial charge in [0.25, 0.3) is 11.8 Å². The van der Waals surface area contributed by atoms with E-state index in [1.807, 2.05) is 31.2 Å². The van der Waals surface area contributed by atoms with Crippen molar-refractivity contribution in [1.29, 1.82) is 0 Å². The van der Waals surface area contributed by atoms with Crippen molar-refractivity contribution in [3.8, 4) is 5.75 Å². The first-order chi connectivity index (χ1) is 19.5. The maximum atomic E-state index is 12.4. The van der Waals surface area contributed by atoms with Gasteiger partial charge in [-0.1, -0.05) is 24.3 Å². The van der Waals surface area contributed by atoms with Crippen LogP contribution in [0.5, 0.6) is 5.75 Å². The van der Waals surface area contributed by atoms with Crippen LogP contribution in [0.2, 0.25) is 0 Å². The van der Waals surface area contributed by atoms with E-state index in [4.69, 9.17) is 14.2 Å². The monoisotopic (exact) mass is 545 g/mol. The zero-order chi connectivity index (χ0) is 28.2. The van der Waals surface area contributed by atoms with Gasteiger partial charge in [-0.15, -0.1) is 0 Å². The van der Waals surface area contributed by atoms with Gasteiger partial charge in [-0.25, -0.2) is 0 Å². The highest BCUT2D eigenvalue weighted by atomic mass is 16.5. The number of carbonyl (C=O) groups excluding carboxylic acids is 3. The van der Waals surface area contributed by atoms with E-state index in [-0.39, 0.29) is 18.4 Å². The topological polar surface area (TPSA) is 145 Å². The molecule has 0 fully saturated rings. The van der Waals surface area contributed by atoms with Crippen molar-refractivity contribution in [2.75, 3.05) is 39.5 Å². The first-order valence-corrected chi connectivity index (χ1v) is 12.8. The van der Waals surface area contributed by atoms with E-state index in [1.165, 1.54) is 0 Å². The molecule has 0 spiro atoms. The maximum Gasteiger partial charge on any atom is 0.251 e. The number of aromatic amines is 1. The molecule has 0 aliphatic rings. The number of nitrogens with one attached hydrogen (secondary N) is 3. The Bertz CT molecular complexity index is 1440. The Hall–Kier alpha value is -4.61. The first-order valence-electron chi connectivity index (χ1n) is 12.8. The molecular weight excluding hydrogens is 514 g/mol. The third kappa shape index (κ3) is 7.95. The molecule has 208 valence electrons. The van der Waals surface area contributed by atoms with Gasteiger partial charge in [0.05, 0.1) is 32.0 Å². The van der Waals surface area contributed by atoms with E-state index in [2.05, 4.69) is 26.0 Å². The minimum Gasteiger partial charge on any atom is -0.488 e. The molecule has 1 heterocycles. The lowest BCUT2D eigenvalue weighted by Gasteiger charge is -2.11. The molecule has 0 aliphatic heterocycles. The highest BCUT2D eigenvalue weighted by Gasteiger charge is 2.09. The van der Waals surface area contributed by atoms with Crippen molar-refractivity contribution in [3.63, 3.8) is 0 Å². The second-order valence-electron chi connectivity index (χ2n) is 8.85. The van der Waals surface area contributed by atoms with E-state index in [0.29, 0.717) is 73.0 Å². The number of ether oxygens (including phenoxy) is 3. The van der Waals surface area contributed by atoms with Crippen molar-refractivity contribution < 1.29 is 28.6 Å². The number of aryl methyl sites for hydroxylation is 1. The SMILES string of the molecule is Cc1cccc(OCc2ccc(C(=O)NCCOCCOCCNC(=O)c3ccc4n[nH]nc4c3)cc2)c1C=O. The Morgan fingerprint density at radius 2 is 1.48 bits per heavy atom. The maximum absolute atomic E-state index is 12.4. The average Bonchev–Trinajstić information content (AvgIpc) is 3.45. The van der Waals surface area contributed by atoms with Gasteiger partial charge in [0.15, 0.2) is 6.29 Å². The number of aromatic nitrogens is 3. The number of fused-ring (bicyclic) bond motifs is 1. The molecule has 2 amide bonds. The summed E-state index contributed by atoms with van der Waals surface area (Å²) >= 11 is 0. The number of hydrogen-bond donors (Lipinski definition) is 3. The zero-order valence-electron chi connectivity index (χ0n) is 22.1. The summed E-state index contributed by atoms with van der Waals surface area (Å²) in [7, 11) is 0. The fourth-order valence-electron chi connectivity index (χ4n) is 3.83. The normalized spacial score (nSPS) is 10.8. The number of rotatable bonds is 15. The molecule has 0 radical (unpaired) electrons. The Labute approximate surface area is 231 Å². The van der Waals surface area contributed by atoms with Gasteiger partial charge in [-0.3, -0.25) is 14.4 Å². The average molecular weight is 546 g/mol. The van der Waals surface area contributed by atoms with E-state index >= 15 is 0 Å². The third-order valence-corrected chi connectivity index (χ3v) is 6.03. The molecule has 0 bridgehead atoms. The first kappa shape index (κ1) is 28.4. The molecule has 11 heteroatoms. The standard InChI is InChI=1S/C29H31N5O6/c1-20-3-2-4-27(24(20)18-35)40-19-21-5-7-22(8-6-21)28(36)30-11-13-38-15-16-39-14-12-31-29(37)23-9-10-25-26(17-23)33-34-32-25/h2-10,17-18H,11-16,19H2,1H3,(H,30,36)(H,31,37)(H,32,33,34). The fourth-order valence-corrected chi connectivity index (χ4v) is 3.83. The zero-order valence-corrected chi connectivity index (χ0v) is 22.1. The minimum atomic E-state index is -0.209. The summed E-state index contributed by atoms with van der Waals surface area (Å²) in [5, 5.41) is 16.0. The number of carbonyl (C=O) groups is 3. The van der Waals surface area contributed by atoms with Gasteiger partial charge < -0.3 is 24.8 Å². The predicted molar refractivity (Wildman–Crippen MR) is 148 cm³/mol. The summed E-state index contributed by atoms with van der Waals surface area (Å²) in [5.74, 6) is 0.123. The summed E-state index contributed by atoms with van der Waals surface area (Å²) in [6.07, 6.45) is 0.793. The Kier molecular flexibility index (Phi) is 10.3. The van der Waals surface area contributed by atoms with Crippen molar-refractivity contribution in [2.45, 2.75) is 13.5 Å². The number of hydrogen-bond acceptors (Lipinski definition) is 8. The van der Waals surface area contributed by atoms with Crippen LogP contribution in [0.25, 0.3) is 11.0 Å². The van der Waals surface area contributed by atoms with Gasteiger partial charge in [-0.2, -0.15) is 15.4 Å². The van der Waals surface area contributed by atoms with Crippen LogP contribution < -0.4 is 15.4 Å². The van der Waals surface area contributed by atoms with Crippen LogP contribution in [0, 0.1) is 6.92 Å². The molecule has 0 unspecified atom stereocenters. The number of amides is 2. The number of benzene rings is 3. The second kappa shape index (κ2) is 14.5. The molecule has 3 N–H and O–H groups in total. The summed E-state index contributed by atoms with van der Waals surface area (Å²) in [5.41, 5.74) is 4.64. The smallest absolute Gasteiger partial charge is 0.251 e. The van der Waals surface area contributed by atoms with Crippen LogP contribution in [-0.4, -0.2) is 73.0 Å². The molecule has 3 aromatic carbocycles. The van der Waals surface area contributed by atoms with Gasteiger partial charge in [0.2, 0.25) is 0 Å². The number of nitrogens with zero attached hydrogens (tertiary/aromatic N) is 2. The van der Waals surface area contributed by atoms with Crippen LogP contribution in [0.1, 0.15) is 42.2 Å². The Balaban J connectivity index is 1.04. The molecular formula is C29H31N5O6. The van der Waals surface area contributed by atoms with Crippen molar-refractivity contribution in [2.24, 2.45) is 0 Å². The number of aldehydes is 1. The molecule has 40 heavy (non-hydrogen) atoms. The highest BCUT2D eigenvalue weighted by Crippen LogP contribution is 2.21. The number of H-pyrrole nitrogens is 1. The van der Waals surface area contributed by atoms with Gasteiger partial charge in [0, 0.05) is 24.2 Å². The van der Waals surface area contributed by atoms with Crippen LogP contribution in [0.15, 0.2) is 60.7 Å². The molecule has 4 rings (SSSR count).